The van der Waals surface area contributed by atoms with E-state index in [9.17, 15) is 14.0 Å². The van der Waals surface area contributed by atoms with Crippen molar-refractivity contribution in [2.24, 2.45) is 7.05 Å². The Kier molecular flexibility index (Phi) is 5.69. The van der Waals surface area contributed by atoms with Gasteiger partial charge in [-0.2, -0.15) is 10.2 Å². The van der Waals surface area contributed by atoms with Gasteiger partial charge in [-0.15, -0.1) is 0 Å². The van der Waals surface area contributed by atoms with Crippen molar-refractivity contribution >= 4 is 17.8 Å². The zero-order valence-corrected chi connectivity index (χ0v) is 17.8. The van der Waals surface area contributed by atoms with Crippen LogP contribution < -0.4 is 10.6 Å². The normalized spacial score (nSPS) is 24.1. The van der Waals surface area contributed by atoms with Crippen LogP contribution in [0.3, 0.4) is 0 Å². The van der Waals surface area contributed by atoms with Crippen LogP contribution in [0.15, 0.2) is 12.1 Å². The fourth-order valence-corrected chi connectivity index (χ4v) is 3.80. The highest BCUT2D eigenvalue weighted by atomic mass is 19.1. The molecule has 0 aliphatic heterocycles. The van der Waals surface area contributed by atoms with E-state index in [1.807, 2.05) is 6.92 Å². The van der Waals surface area contributed by atoms with E-state index in [2.05, 4.69) is 25.9 Å². The van der Waals surface area contributed by atoms with Crippen LogP contribution in [0.2, 0.25) is 0 Å². The van der Waals surface area contributed by atoms with Crippen molar-refractivity contribution in [3.05, 3.63) is 29.2 Å². The van der Waals surface area contributed by atoms with E-state index in [0.717, 1.165) is 12.8 Å². The van der Waals surface area contributed by atoms with Crippen molar-refractivity contribution in [2.45, 2.75) is 62.9 Å². The molecule has 168 valence electrons. The van der Waals surface area contributed by atoms with Gasteiger partial charge in [-0.1, -0.05) is 0 Å². The molecule has 0 unspecified atom stereocenters. The van der Waals surface area contributed by atoms with Crippen LogP contribution in [0.5, 0.6) is 0 Å². The van der Waals surface area contributed by atoms with Gasteiger partial charge in [0.15, 0.2) is 5.82 Å². The number of ether oxygens (including phenoxy) is 2. The van der Waals surface area contributed by atoms with Crippen LogP contribution in [-0.4, -0.2) is 56.9 Å². The van der Waals surface area contributed by atoms with E-state index in [1.54, 1.807) is 26.3 Å². The number of aromatic amines is 1. The molecule has 10 nitrogen and oxygen atoms in total. The zero-order chi connectivity index (χ0) is 22.2. The SMILES string of the molecule is COCc1cc(C(=O)Nc2cc([C@@H]3C[C@@H](F)[C@H](OC(=O)NC4(C)CC4)C3)[nH]n2)n(C)n1. The van der Waals surface area contributed by atoms with Gasteiger partial charge in [0.05, 0.1) is 12.3 Å². The number of anilines is 1. The van der Waals surface area contributed by atoms with Crippen LogP contribution >= 0.6 is 0 Å². The number of amides is 2. The number of methoxy groups -OCH3 is 1. The summed E-state index contributed by atoms with van der Waals surface area (Å²) < 4.78 is 26.3. The topological polar surface area (TPSA) is 123 Å². The first-order valence-corrected chi connectivity index (χ1v) is 10.3. The highest BCUT2D eigenvalue weighted by Gasteiger charge is 2.42. The first kappa shape index (κ1) is 21.3. The second-order valence-electron chi connectivity index (χ2n) is 8.55. The largest absolute Gasteiger partial charge is 0.443 e. The minimum absolute atomic E-state index is 0.188. The minimum Gasteiger partial charge on any atom is -0.443 e. The maximum absolute atomic E-state index is 14.5. The lowest BCUT2D eigenvalue weighted by Gasteiger charge is -2.17. The van der Waals surface area contributed by atoms with E-state index >= 15 is 0 Å². The quantitative estimate of drug-likeness (QED) is 0.615. The average Bonchev–Trinajstić information content (AvgIpc) is 3.03. The van der Waals surface area contributed by atoms with E-state index in [4.69, 9.17) is 9.47 Å². The number of carbonyl (C=O) groups is 2. The Morgan fingerprint density at radius 2 is 2.13 bits per heavy atom. The molecule has 3 N–H and O–H groups in total. The number of rotatable bonds is 7. The van der Waals surface area contributed by atoms with E-state index in [0.29, 0.717) is 35.9 Å². The minimum atomic E-state index is -1.25. The standard InChI is InChI=1S/C20H27FN6O4/c1-20(4-5-20)23-19(29)31-16-7-11(6-13(16)21)14-9-17(25-24-14)22-18(28)15-8-12(10-30-3)26-27(15)2/h8-9,11,13,16H,4-7,10H2,1-3H3,(H,23,29)(H2,22,24,25,28)/t11-,13-,16-/m1/s1. The van der Waals surface area contributed by atoms with Crippen molar-refractivity contribution < 1.29 is 23.5 Å². The third-order valence-corrected chi connectivity index (χ3v) is 5.83. The summed E-state index contributed by atoms with van der Waals surface area (Å²) in [5, 5.41) is 16.7. The molecule has 2 heterocycles. The van der Waals surface area contributed by atoms with Crippen LogP contribution in [0.4, 0.5) is 15.0 Å². The van der Waals surface area contributed by atoms with Crippen LogP contribution in [0.25, 0.3) is 0 Å². The number of nitrogens with one attached hydrogen (secondary N) is 3. The Labute approximate surface area is 178 Å². The number of aromatic nitrogens is 4. The number of carbonyl (C=O) groups excluding carboxylic acids is 2. The first-order chi connectivity index (χ1) is 14.8. The van der Waals surface area contributed by atoms with Gasteiger partial charge < -0.3 is 20.1 Å². The van der Waals surface area contributed by atoms with Gasteiger partial charge in [-0.3, -0.25) is 14.6 Å². The summed E-state index contributed by atoms with van der Waals surface area (Å²) in [6.45, 7) is 2.24. The first-order valence-electron chi connectivity index (χ1n) is 10.3. The van der Waals surface area contributed by atoms with Crippen molar-refractivity contribution in [3.63, 3.8) is 0 Å². The molecule has 0 saturated heterocycles. The Bertz CT molecular complexity index is 969. The number of aryl methyl sites for hydroxylation is 1. The van der Waals surface area contributed by atoms with Gasteiger partial charge in [0.25, 0.3) is 5.91 Å². The number of H-pyrrole nitrogens is 1. The molecule has 2 aliphatic carbocycles. The smallest absolute Gasteiger partial charge is 0.407 e. The predicted octanol–water partition coefficient (Wildman–Crippen LogP) is 2.40. The fourth-order valence-electron chi connectivity index (χ4n) is 3.80. The van der Waals surface area contributed by atoms with Crippen molar-refractivity contribution in [2.75, 3.05) is 12.4 Å². The van der Waals surface area contributed by atoms with Crippen molar-refractivity contribution in [3.8, 4) is 0 Å². The lowest BCUT2D eigenvalue weighted by atomic mass is 10.0. The zero-order valence-electron chi connectivity index (χ0n) is 17.8. The number of alkyl halides is 1. The maximum Gasteiger partial charge on any atom is 0.407 e. The predicted molar refractivity (Wildman–Crippen MR) is 108 cm³/mol. The molecule has 4 rings (SSSR count). The monoisotopic (exact) mass is 434 g/mol. The number of hydrogen-bond acceptors (Lipinski definition) is 6. The molecule has 2 aromatic heterocycles. The number of halogens is 1. The fraction of sp³-hybridized carbons (Fsp3) is 0.600. The van der Waals surface area contributed by atoms with E-state index in [-0.39, 0.29) is 23.8 Å². The summed E-state index contributed by atoms with van der Waals surface area (Å²) >= 11 is 0. The summed E-state index contributed by atoms with van der Waals surface area (Å²) in [5.41, 5.74) is 1.48. The Balaban J connectivity index is 1.34. The van der Waals surface area contributed by atoms with E-state index in [1.165, 1.54) is 4.68 Å². The number of nitrogens with zero attached hydrogens (tertiary/aromatic N) is 3. The Hall–Kier alpha value is -2.95. The highest BCUT2D eigenvalue weighted by Crippen LogP contribution is 2.39. The summed E-state index contributed by atoms with van der Waals surface area (Å²) in [5.74, 6) is -0.224. The second kappa shape index (κ2) is 8.29. The molecule has 0 aromatic carbocycles. The van der Waals surface area contributed by atoms with Crippen LogP contribution in [0, 0.1) is 0 Å². The van der Waals surface area contributed by atoms with Gasteiger partial charge in [0.2, 0.25) is 0 Å². The molecule has 0 spiro atoms. The number of alkyl carbamates (subject to hydrolysis) is 1. The Morgan fingerprint density at radius 1 is 1.35 bits per heavy atom. The van der Waals surface area contributed by atoms with Gasteiger partial charge in [0, 0.05) is 37.4 Å². The van der Waals surface area contributed by atoms with Gasteiger partial charge in [-0.05, 0) is 38.7 Å². The maximum atomic E-state index is 14.5. The van der Waals surface area contributed by atoms with Gasteiger partial charge in [-0.25, -0.2) is 9.18 Å². The summed E-state index contributed by atoms with van der Waals surface area (Å²) in [6, 6.07) is 3.32. The van der Waals surface area contributed by atoms with Crippen LogP contribution in [-0.2, 0) is 23.1 Å². The average molecular weight is 434 g/mol. The molecular formula is C20H27FN6O4. The molecule has 0 bridgehead atoms. The highest BCUT2D eigenvalue weighted by molar-refractivity contribution is 6.02. The van der Waals surface area contributed by atoms with Gasteiger partial charge in [0.1, 0.15) is 18.0 Å². The van der Waals surface area contributed by atoms with Gasteiger partial charge >= 0.3 is 6.09 Å². The summed E-state index contributed by atoms with van der Waals surface area (Å²) in [6.07, 6.45) is -0.252. The summed E-state index contributed by atoms with van der Waals surface area (Å²) in [7, 11) is 3.23. The molecule has 31 heavy (non-hydrogen) atoms. The molecule has 3 atom stereocenters. The summed E-state index contributed by atoms with van der Waals surface area (Å²) in [4.78, 5) is 24.5. The molecule has 2 aromatic rings. The third kappa shape index (κ3) is 4.87. The van der Waals surface area contributed by atoms with Crippen molar-refractivity contribution in [1.82, 2.24) is 25.3 Å². The molecule has 2 aliphatic rings. The molecule has 2 amide bonds. The molecule has 2 fully saturated rings. The molecule has 2 saturated carbocycles. The molecule has 11 heteroatoms. The Morgan fingerprint density at radius 3 is 2.84 bits per heavy atom. The van der Waals surface area contributed by atoms with Crippen molar-refractivity contribution in [1.29, 1.82) is 0 Å². The number of hydrogen-bond donors (Lipinski definition) is 3. The third-order valence-electron chi connectivity index (χ3n) is 5.83. The second-order valence-corrected chi connectivity index (χ2v) is 8.55. The van der Waals surface area contributed by atoms with Crippen LogP contribution in [0.1, 0.15) is 60.4 Å². The molecule has 0 radical (unpaired) electrons. The van der Waals surface area contributed by atoms with E-state index < -0.39 is 18.4 Å². The lowest BCUT2D eigenvalue weighted by Crippen LogP contribution is -2.38. The molecular weight excluding hydrogens is 407 g/mol. The lowest BCUT2D eigenvalue weighted by molar-refractivity contribution is 0.0583.